The van der Waals surface area contributed by atoms with Gasteiger partial charge in [-0.1, -0.05) is 41.9 Å². The van der Waals surface area contributed by atoms with Gasteiger partial charge in [0.15, 0.2) is 5.78 Å². The summed E-state index contributed by atoms with van der Waals surface area (Å²) in [6.45, 7) is 0. The highest BCUT2D eigenvalue weighted by atomic mass is 35.5. The van der Waals surface area contributed by atoms with Crippen LogP contribution in [0.5, 0.6) is 5.88 Å². The summed E-state index contributed by atoms with van der Waals surface area (Å²) in [5.41, 5.74) is 6.63. The Kier molecular flexibility index (Phi) is 5.19. The van der Waals surface area contributed by atoms with E-state index in [2.05, 4.69) is 5.32 Å². The second kappa shape index (κ2) is 7.97. The number of benzene rings is 3. The number of carbonyl (C=O) groups is 3. The van der Waals surface area contributed by atoms with Gasteiger partial charge in [-0.25, -0.2) is 9.36 Å². The molecule has 0 bridgehead atoms. The highest BCUT2D eigenvalue weighted by Gasteiger charge is 2.26. The van der Waals surface area contributed by atoms with E-state index in [9.17, 15) is 19.5 Å². The van der Waals surface area contributed by atoms with Crippen LogP contribution in [-0.2, 0) is 0 Å². The predicted octanol–water partition coefficient (Wildman–Crippen LogP) is 4.41. The van der Waals surface area contributed by atoms with Gasteiger partial charge >= 0.3 is 6.03 Å². The number of nitrogens with one attached hydrogen (secondary N) is 1. The quantitative estimate of drug-likeness (QED) is 0.413. The number of fused-ring (bicyclic) bond motifs is 1. The number of carbonyl (C=O) groups excluding carboxylic acids is 3. The van der Waals surface area contributed by atoms with Gasteiger partial charge in [-0.05, 0) is 42.5 Å². The topological polar surface area (TPSA) is 114 Å². The van der Waals surface area contributed by atoms with Crippen LogP contribution < -0.4 is 11.1 Å². The van der Waals surface area contributed by atoms with Crippen LogP contribution in [0.2, 0.25) is 5.02 Å². The summed E-state index contributed by atoms with van der Waals surface area (Å²) in [5.74, 6) is -1.55. The molecule has 0 aliphatic heterocycles. The van der Waals surface area contributed by atoms with Crippen molar-refractivity contribution in [2.45, 2.75) is 0 Å². The number of ketones is 1. The molecule has 0 saturated carbocycles. The van der Waals surface area contributed by atoms with E-state index in [4.69, 9.17) is 17.3 Å². The molecule has 4 rings (SSSR count). The Balaban J connectivity index is 1.83. The molecule has 1 aromatic heterocycles. The van der Waals surface area contributed by atoms with Crippen molar-refractivity contribution in [3.63, 3.8) is 0 Å². The van der Waals surface area contributed by atoms with Gasteiger partial charge in [-0.3, -0.25) is 9.59 Å². The molecule has 0 spiro atoms. The van der Waals surface area contributed by atoms with Crippen molar-refractivity contribution in [1.29, 1.82) is 0 Å². The number of nitrogens with zero attached hydrogens (tertiary/aromatic N) is 1. The minimum absolute atomic E-state index is 0.175. The second-order valence-corrected chi connectivity index (χ2v) is 7.20. The normalized spacial score (nSPS) is 10.7. The van der Waals surface area contributed by atoms with Crippen molar-refractivity contribution < 1.29 is 19.5 Å². The molecule has 31 heavy (non-hydrogen) atoms. The van der Waals surface area contributed by atoms with Gasteiger partial charge in [0.25, 0.3) is 5.91 Å². The molecule has 0 unspecified atom stereocenters. The van der Waals surface area contributed by atoms with Gasteiger partial charge in [0.05, 0.1) is 5.52 Å². The Hall–Kier alpha value is -4.10. The van der Waals surface area contributed by atoms with Crippen LogP contribution in [0.15, 0.2) is 72.8 Å². The molecule has 1 heterocycles. The number of nitrogens with two attached hydrogens (primary N) is 1. The zero-order valence-corrected chi connectivity index (χ0v) is 16.8. The first kappa shape index (κ1) is 20.2. The van der Waals surface area contributed by atoms with Crippen LogP contribution in [0.1, 0.15) is 26.3 Å². The van der Waals surface area contributed by atoms with Crippen LogP contribution >= 0.6 is 11.6 Å². The lowest BCUT2D eigenvalue weighted by molar-refractivity contribution is 0.102. The number of aromatic hydroxyl groups is 1. The van der Waals surface area contributed by atoms with Gasteiger partial charge in [-0.15, -0.1) is 0 Å². The Morgan fingerprint density at radius 1 is 0.903 bits per heavy atom. The van der Waals surface area contributed by atoms with Crippen molar-refractivity contribution in [3.05, 3.63) is 94.5 Å². The summed E-state index contributed by atoms with van der Waals surface area (Å²) in [6, 6.07) is 18.5. The van der Waals surface area contributed by atoms with E-state index in [1.54, 1.807) is 54.6 Å². The lowest BCUT2D eigenvalue weighted by atomic mass is 10.0. The van der Waals surface area contributed by atoms with Crippen molar-refractivity contribution >= 4 is 45.9 Å². The first-order chi connectivity index (χ1) is 14.9. The molecule has 0 fully saturated rings. The number of aromatic nitrogens is 1. The second-order valence-electron chi connectivity index (χ2n) is 6.76. The van der Waals surface area contributed by atoms with Crippen LogP contribution in [-0.4, -0.2) is 27.4 Å². The summed E-state index contributed by atoms with van der Waals surface area (Å²) >= 11 is 5.86. The minimum Gasteiger partial charge on any atom is -0.494 e. The summed E-state index contributed by atoms with van der Waals surface area (Å²) in [6.07, 6.45) is 0. The molecule has 7 nitrogen and oxygen atoms in total. The van der Waals surface area contributed by atoms with Crippen molar-refractivity contribution in [1.82, 2.24) is 4.57 Å². The maximum atomic E-state index is 13.0. The Morgan fingerprint density at radius 2 is 1.58 bits per heavy atom. The number of anilines is 1. The molecule has 154 valence electrons. The minimum atomic E-state index is -0.963. The van der Waals surface area contributed by atoms with Crippen molar-refractivity contribution in [2.75, 3.05) is 5.32 Å². The first-order valence-corrected chi connectivity index (χ1v) is 9.58. The predicted molar refractivity (Wildman–Crippen MR) is 118 cm³/mol. The third kappa shape index (κ3) is 3.74. The van der Waals surface area contributed by atoms with Crippen LogP contribution in [0.3, 0.4) is 0 Å². The fraction of sp³-hybridized carbons (Fsp3) is 0. The lowest BCUT2D eigenvalue weighted by Gasteiger charge is -2.06. The van der Waals surface area contributed by atoms with Crippen LogP contribution in [0.25, 0.3) is 10.9 Å². The van der Waals surface area contributed by atoms with Gasteiger partial charge in [0, 0.05) is 27.2 Å². The van der Waals surface area contributed by atoms with E-state index in [1.807, 2.05) is 0 Å². The molecule has 2 amide bonds. The Labute approximate surface area is 181 Å². The van der Waals surface area contributed by atoms with Crippen LogP contribution in [0, 0.1) is 0 Å². The molecule has 3 aromatic carbocycles. The molecular weight excluding hydrogens is 418 g/mol. The summed E-state index contributed by atoms with van der Waals surface area (Å²) < 4.78 is 0.822. The average Bonchev–Trinajstić information content (AvgIpc) is 3.06. The Morgan fingerprint density at radius 3 is 2.23 bits per heavy atom. The monoisotopic (exact) mass is 433 g/mol. The average molecular weight is 434 g/mol. The van der Waals surface area contributed by atoms with Crippen molar-refractivity contribution in [3.8, 4) is 5.88 Å². The summed E-state index contributed by atoms with van der Waals surface area (Å²) in [7, 11) is 0. The SMILES string of the molecule is NC(=O)n1c(O)c(C(=O)Nc2ccc(Cl)cc2)c2cc(C(=O)c3ccccc3)ccc21. The smallest absolute Gasteiger partial charge is 0.326 e. The zero-order valence-electron chi connectivity index (χ0n) is 16.0. The lowest BCUT2D eigenvalue weighted by Crippen LogP contribution is -2.19. The highest BCUT2D eigenvalue weighted by molar-refractivity contribution is 6.30. The third-order valence-electron chi connectivity index (χ3n) is 4.79. The fourth-order valence-electron chi connectivity index (χ4n) is 3.35. The highest BCUT2D eigenvalue weighted by Crippen LogP contribution is 2.33. The first-order valence-electron chi connectivity index (χ1n) is 9.20. The number of hydrogen-bond donors (Lipinski definition) is 3. The van der Waals surface area contributed by atoms with E-state index < -0.39 is 17.8 Å². The molecule has 0 atom stereocenters. The number of amides is 2. The molecule has 8 heteroatoms. The van der Waals surface area contributed by atoms with E-state index >= 15 is 0 Å². The number of rotatable bonds is 4. The third-order valence-corrected chi connectivity index (χ3v) is 5.04. The molecule has 0 aliphatic rings. The van der Waals surface area contributed by atoms with E-state index in [0.717, 1.165) is 4.57 Å². The zero-order chi connectivity index (χ0) is 22.1. The molecule has 0 aliphatic carbocycles. The van der Waals surface area contributed by atoms with Crippen LogP contribution in [0.4, 0.5) is 10.5 Å². The molecular formula is C23H16ClN3O4. The van der Waals surface area contributed by atoms with Gasteiger partial charge in [0.1, 0.15) is 5.56 Å². The number of halogens is 1. The maximum absolute atomic E-state index is 13.0. The number of primary amides is 1. The molecule has 0 radical (unpaired) electrons. The molecule has 0 saturated heterocycles. The maximum Gasteiger partial charge on any atom is 0.326 e. The summed E-state index contributed by atoms with van der Waals surface area (Å²) in [4.78, 5) is 37.7. The van der Waals surface area contributed by atoms with Gasteiger partial charge in [-0.2, -0.15) is 0 Å². The van der Waals surface area contributed by atoms with Gasteiger partial charge < -0.3 is 16.2 Å². The molecule has 4 N–H and O–H groups in total. The van der Waals surface area contributed by atoms with Crippen molar-refractivity contribution in [2.24, 2.45) is 5.73 Å². The fourth-order valence-corrected chi connectivity index (χ4v) is 3.47. The Bertz CT molecular complexity index is 1330. The summed E-state index contributed by atoms with van der Waals surface area (Å²) in [5, 5.41) is 14.0. The van der Waals surface area contributed by atoms with E-state index in [0.29, 0.717) is 21.8 Å². The number of hydrogen-bond acceptors (Lipinski definition) is 4. The van der Waals surface area contributed by atoms with Gasteiger partial charge in [0.2, 0.25) is 5.88 Å². The molecule has 4 aromatic rings. The van der Waals surface area contributed by atoms with E-state index in [-0.39, 0.29) is 22.2 Å². The standard InChI is InChI=1S/C23H16ClN3O4/c24-15-7-9-16(10-8-15)26-21(29)19-17-12-14(20(28)13-4-2-1-3-5-13)6-11-18(17)27(22(19)30)23(25)31/h1-12,30H,(H2,25,31)(H,26,29). The van der Waals surface area contributed by atoms with E-state index in [1.165, 1.54) is 18.2 Å². The largest absolute Gasteiger partial charge is 0.494 e.